The van der Waals surface area contributed by atoms with Gasteiger partial charge in [0, 0.05) is 18.3 Å². The Morgan fingerprint density at radius 1 is 1.11 bits per heavy atom. The van der Waals surface area contributed by atoms with Crippen LogP contribution in [0.3, 0.4) is 0 Å². The quantitative estimate of drug-likeness (QED) is 0.781. The maximum absolute atomic E-state index is 12.2. The minimum atomic E-state index is -0.238. The zero-order valence-corrected chi connectivity index (χ0v) is 16.5. The summed E-state index contributed by atoms with van der Waals surface area (Å²) in [6.07, 6.45) is 0. The first-order valence-electron chi connectivity index (χ1n) is 8.36. The molecular weight excluding hydrogens is 400 g/mol. The second-order valence-electron chi connectivity index (χ2n) is 5.87. The van der Waals surface area contributed by atoms with Crippen LogP contribution in [0.4, 0.5) is 17.1 Å². The van der Waals surface area contributed by atoms with Gasteiger partial charge in [-0.1, -0.05) is 35.5 Å². The number of thioether (sulfide) groups is 1. The highest BCUT2D eigenvalue weighted by Crippen LogP contribution is 2.30. The molecule has 1 aliphatic rings. The molecule has 3 amide bonds. The lowest BCUT2D eigenvalue weighted by molar-refractivity contribution is -0.116. The molecule has 9 heteroatoms. The fourth-order valence-corrected chi connectivity index (χ4v) is 3.57. The van der Waals surface area contributed by atoms with Gasteiger partial charge in [-0.15, -0.1) is 0 Å². The van der Waals surface area contributed by atoms with E-state index in [1.165, 1.54) is 23.6 Å². The summed E-state index contributed by atoms with van der Waals surface area (Å²) in [5.74, 6) is -0.508. The monoisotopic (exact) mass is 416 g/mol. The van der Waals surface area contributed by atoms with E-state index in [9.17, 15) is 14.4 Å². The van der Waals surface area contributed by atoms with Gasteiger partial charge in [0.2, 0.25) is 11.8 Å². The second-order valence-corrected chi connectivity index (χ2v) is 7.22. The van der Waals surface area contributed by atoms with Crippen molar-refractivity contribution in [2.24, 2.45) is 4.99 Å². The van der Waals surface area contributed by atoms with Gasteiger partial charge in [0.25, 0.3) is 5.91 Å². The number of benzene rings is 2. The molecule has 2 aromatic carbocycles. The van der Waals surface area contributed by atoms with Crippen molar-refractivity contribution in [3.8, 4) is 0 Å². The molecule has 0 fully saturated rings. The summed E-state index contributed by atoms with van der Waals surface area (Å²) in [4.78, 5) is 41.1. The largest absolute Gasteiger partial charge is 0.326 e. The fraction of sp³-hybridized carbons (Fsp3) is 0.158. The van der Waals surface area contributed by atoms with Crippen LogP contribution >= 0.6 is 23.4 Å². The minimum absolute atomic E-state index is 0.0276. The van der Waals surface area contributed by atoms with Gasteiger partial charge in [0.15, 0.2) is 5.17 Å². The molecule has 0 spiro atoms. The smallest absolute Gasteiger partial charge is 0.254 e. The van der Waals surface area contributed by atoms with E-state index in [1.54, 1.807) is 48.5 Å². The molecule has 0 aliphatic carbocycles. The summed E-state index contributed by atoms with van der Waals surface area (Å²) in [5.41, 5.74) is 1.80. The predicted molar refractivity (Wildman–Crippen MR) is 113 cm³/mol. The Bertz CT molecular complexity index is 946. The van der Waals surface area contributed by atoms with E-state index in [1.807, 2.05) is 0 Å². The Balaban J connectivity index is 1.58. The number of hydrogen-bond acceptors (Lipinski definition) is 5. The van der Waals surface area contributed by atoms with Crippen LogP contribution < -0.4 is 15.5 Å². The van der Waals surface area contributed by atoms with Gasteiger partial charge < -0.3 is 10.6 Å². The number of halogens is 1. The zero-order chi connectivity index (χ0) is 20.1. The predicted octanol–water partition coefficient (Wildman–Crippen LogP) is 3.37. The van der Waals surface area contributed by atoms with Crippen molar-refractivity contribution < 1.29 is 14.4 Å². The second kappa shape index (κ2) is 8.90. The lowest BCUT2D eigenvalue weighted by atomic mass is 10.3. The van der Waals surface area contributed by atoms with Crippen LogP contribution in [-0.4, -0.2) is 35.2 Å². The average molecular weight is 417 g/mol. The molecule has 2 N–H and O–H groups in total. The van der Waals surface area contributed by atoms with Crippen LogP contribution in [0.2, 0.25) is 5.02 Å². The van der Waals surface area contributed by atoms with Crippen LogP contribution in [-0.2, 0) is 14.4 Å². The number of amides is 3. The van der Waals surface area contributed by atoms with Crippen molar-refractivity contribution in [1.29, 1.82) is 0 Å². The summed E-state index contributed by atoms with van der Waals surface area (Å²) >= 11 is 7.35. The standard InChI is InChI=1S/C19H17ClN4O3S/c1-12(25)22-13-6-8-14(9-7-13)23-17(26)11-28-19-21-10-18(27)24(19)16-5-3-2-4-15(16)20/h2-9H,10-11H2,1H3,(H,22,25)(H,23,26). The number of nitrogens with one attached hydrogen (secondary N) is 2. The van der Waals surface area contributed by atoms with E-state index < -0.39 is 0 Å². The molecule has 0 atom stereocenters. The van der Waals surface area contributed by atoms with Gasteiger partial charge in [0.05, 0.1) is 16.5 Å². The first-order valence-corrected chi connectivity index (χ1v) is 9.72. The molecule has 144 valence electrons. The van der Waals surface area contributed by atoms with Crippen LogP contribution in [0.1, 0.15) is 6.92 Å². The average Bonchev–Trinajstić information content (AvgIpc) is 3.02. The van der Waals surface area contributed by atoms with Crippen molar-refractivity contribution in [2.75, 3.05) is 27.8 Å². The van der Waals surface area contributed by atoms with Crippen LogP contribution in [0.25, 0.3) is 0 Å². The van der Waals surface area contributed by atoms with E-state index >= 15 is 0 Å². The van der Waals surface area contributed by atoms with Gasteiger partial charge in [-0.3, -0.25) is 24.3 Å². The van der Waals surface area contributed by atoms with E-state index in [0.717, 1.165) is 0 Å². The third-order valence-corrected chi connectivity index (χ3v) is 5.00. The Morgan fingerprint density at radius 3 is 2.39 bits per heavy atom. The van der Waals surface area contributed by atoms with Crippen molar-refractivity contribution in [2.45, 2.75) is 6.92 Å². The summed E-state index contributed by atoms with van der Waals surface area (Å²) in [6, 6.07) is 13.8. The Labute approximate surface area is 171 Å². The highest BCUT2D eigenvalue weighted by molar-refractivity contribution is 8.14. The van der Waals surface area contributed by atoms with Crippen molar-refractivity contribution in [3.05, 3.63) is 53.6 Å². The Hall–Kier alpha value is -2.84. The number of carbonyl (C=O) groups is 3. The van der Waals surface area contributed by atoms with E-state index in [2.05, 4.69) is 15.6 Å². The van der Waals surface area contributed by atoms with E-state index in [4.69, 9.17) is 11.6 Å². The van der Waals surface area contributed by atoms with Crippen LogP contribution in [0, 0.1) is 0 Å². The summed E-state index contributed by atoms with van der Waals surface area (Å²) in [5, 5.41) is 6.30. The number of amidine groups is 1. The Morgan fingerprint density at radius 2 is 1.75 bits per heavy atom. The molecule has 0 saturated carbocycles. The zero-order valence-electron chi connectivity index (χ0n) is 14.9. The highest BCUT2D eigenvalue weighted by Gasteiger charge is 2.29. The molecule has 1 heterocycles. The normalized spacial score (nSPS) is 13.3. The lowest BCUT2D eigenvalue weighted by Crippen LogP contribution is -2.31. The molecule has 0 radical (unpaired) electrons. The number of nitrogens with zero attached hydrogens (tertiary/aromatic N) is 2. The number of carbonyl (C=O) groups excluding carboxylic acids is 3. The van der Waals surface area contributed by atoms with E-state index in [-0.39, 0.29) is 30.0 Å². The molecule has 0 bridgehead atoms. The Kier molecular flexibility index (Phi) is 6.33. The van der Waals surface area contributed by atoms with Gasteiger partial charge in [-0.2, -0.15) is 0 Å². The number of rotatable bonds is 5. The first kappa shape index (κ1) is 19.9. The minimum Gasteiger partial charge on any atom is -0.326 e. The van der Waals surface area contributed by atoms with Crippen LogP contribution in [0.15, 0.2) is 53.5 Å². The number of para-hydroxylation sites is 1. The third-order valence-electron chi connectivity index (χ3n) is 3.71. The molecule has 7 nitrogen and oxygen atoms in total. The topological polar surface area (TPSA) is 90.9 Å². The lowest BCUT2D eigenvalue weighted by Gasteiger charge is -2.19. The molecule has 2 aromatic rings. The molecular formula is C19H17ClN4O3S. The summed E-state index contributed by atoms with van der Waals surface area (Å²) in [6.45, 7) is 1.45. The molecule has 3 rings (SSSR count). The molecule has 0 saturated heterocycles. The summed E-state index contributed by atoms with van der Waals surface area (Å²) in [7, 11) is 0. The molecule has 0 aromatic heterocycles. The SMILES string of the molecule is CC(=O)Nc1ccc(NC(=O)CSC2=NCC(=O)N2c2ccccc2Cl)cc1. The maximum atomic E-state index is 12.2. The molecule has 1 aliphatic heterocycles. The number of aliphatic imine (C=N–C) groups is 1. The summed E-state index contributed by atoms with van der Waals surface area (Å²) < 4.78 is 0. The van der Waals surface area contributed by atoms with Crippen molar-refractivity contribution >= 4 is 63.3 Å². The van der Waals surface area contributed by atoms with Crippen molar-refractivity contribution in [3.63, 3.8) is 0 Å². The first-order chi connectivity index (χ1) is 13.4. The molecule has 28 heavy (non-hydrogen) atoms. The van der Waals surface area contributed by atoms with Crippen LogP contribution in [0.5, 0.6) is 0 Å². The molecule has 0 unspecified atom stereocenters. The van der Waals surface area contributed by atoms with Gasteiger partial charge in [-0.25, -0.2) is 0 Å². The van der Waals surface area contributed by atoms with Crippen molar-refractivity contribution in [1.82, 2.24) is 0 Å². The number of hydrogen-bond donors (Lipinski definition) is 2. The van der Waals surface area contributed by atoms with Gasteiger partial charge >= 0.3 is 0 Å². The van der Waals surface area contributed by atoms with E-state index in [0.29, 0.717) is 27.3 Å². The van der Waals surface area contributed by atoms with Gasteiger partial charge in [0.1, 0.15) is 6.54 Å². The van der Waals surface area contributed by atoms with Gasteiger partial charge in [-0.05, 0) is 36.4 Å². The third kappa shape index (κ3) is 4.90. The highest BCUT2D eigenvalue weighted by atomic mass is 35.5. The maximum Gasteiger partial charge on any atom is 0.254 e. The fourth-order valence-electron chi connectivity index (χ4n) is 2.53. The number of anilines is 3.